The highest BCUT2D eigenvalue weighted by Gasteiger charge is 2.45. The molecule has 0 amide bonds. The Balaban J connectivity index is 2.80. The average molecular weight is 177 g/mol. The lowest BCUT2D eigenvalue weighted by Gasteiger charge is -2.14. The molecule has 3 nitrogen and oxygen atoms in total. The summed E-state index contributed by atoms with van der Waals surface area (Å²) in [5.74, 6) is -0.809. The molecule has 0 radical (unpaired) electrons. The largest absolute Gasteiger partial charge is 0.465 e. The van der Waals surface area contributed by atoms with Crippen molar-refractivity contribution in [3.05, 3.63) is 0 Å². The van der Waals surface area contributed by atoms with Crippen molar-refractivity contribution < 1.29 is 14.3 Å². The molecule has 62 valence electrons. The van der Waals surface area contributed by atoms with Gasteiger partial charge in [0.2, 0.25) is 0 Å². The Morgan fingerprint density at radius 1 is 1.82 bits per heavy atom. The first-order chi connectivity index (χ1) is 5.11. The first-order valence-corrected chi connectivity index (χ1v) is 3.91. The minimum absolute atomic E-state index is 0.119. The average Bonchev–Trinajstić information content (AvgIpc) is 2.32. The van der Waals surface area contributed by atoms with Gasteiger partial charge >= 0.3 is 5.97 Å². The molecule has 0 N–H and O–H groups in total. The minimum atomic E-state index is -0.970. The molecule has 0 saturated carbocycles. The van der Waals surface area contributed by atoms with Crippen LogP contribution in [0, 0.1) is 5.41 Å². The summed E-state index contributed by atoms with van der Waals surface area (Å²) in [6, 6.07) is 0. The molecule has 0 unspecified atom stereocenters. The number of ketones is 1. The fraction of sp³-hybridized carbons (Fsp3) is 0.714. The van der Waals surface area contributed by atoms with Crippen molar-refractivity contribution in [3.8, 4) is 0 Å². The van der Waals surface area contributed by atoms with E-state index in [2.05, 4.69) is 4.74 Å². The van der Waals surface area contributed by atoms with Crippen LogP contribution in [0.3, 0.4) is 0 Å². The molecule has 0 spiro atoms. The highest BCUT2D eigenvalue weighted by Crippen LogP contribution is 2.30. The van der Waals surface area contributed by atoms with Crippen molar-refractivity contribution in [1.82, 2.24) is 0 Å². The zero-order valence-electron chi connectivity index (χ0n) is 6.22. The molecule has 4 heteroatoms. The zero-order valence-corrected chi connectivity index (χ0v) is 6.98. The van der Waals surface area contributed by atoms with Crippen molar-refractivity contribution in [2.45, 2.75) is 13.3 Å². The fourth-order valence-corrected chi connectivity index (χ4v) is 1.30. The highest BCUT2D eigenvalue weighted by molar-refractivity contribution is 6.30. The first kappa shape index (κ1) is 8.53. The van der Waals surface area contributed by atoms with Crippen molar-refractivity contribution in [2.24, 2.45) is 5.41 Å². The van der Waals surface area contributed by atoms with E-state index in [1.54, 1.807) is 6.92 Å². The van der Waals surface area contributed by atoms with Gasteiger partial charge in [-0.2, -0.15) is 0 Å². The Morgan fingerprint density at radius 3 is 2.82 bits per heavy atom. The zero-order chi connectivity index (χ0) is 8.48. The van der Waals surface area contributed by atoms with Crippen LogP contribution in [-0.4, -0.2) is 24.2 Å². The van der Waals surface area contributed by atoms with E-state index in [0.717, 1.165) is 0 Å². The number of ether oxygens (including phenoxy) is 1. The first-order valence-electron chi connectivity index (χ1n) is 3.38. The number of Topliss-reactive ketones (excluding diaryl/α,β-unsaturated/α-hetero) is 1. The number of hydrogen-bond acceptors (Lipinski definition) is 3. The highest BCUT2D eigenvalue weighted by atomic mass is 35.5. The van der Waals surface area contributed by atoms with Gasteiger partial charge in [-0.15, -0.1) is 11.6 Å². The maximum absolute atomic E-state index is 11.1. The molecule has 1 heterocycles. The standard InChI is InChI=1S/C7H9ClO3/c1-7(5(9)4-8)2-3-11-6(7)10/h2-4H2,1H3/t7-/m1/s1. The quantitative estimate of drug-likeness (QED) is 0.354. The van der Waals surface area contributed by atoms with E-state index in [9.17, 15) is 9.59 Å². The summed E-state index contributed by atoms with van der Waals surface area (Å²) in [6.07, 6.45) is 0.456. The molecule has 0 aliphatic carbocycles. The summed E-state index contributed by atoms with van der Waals surface area (Å²) < 4.78 is 4.67. The van der Waals surface area contributed by atoms with Gasteiger partial charge < -0.3 is 4.74 Å². The van der Waals surface area contributed by atoms with Gasteiger partial charge in [-0.25, -0.2) is 0 Å². The molecule has 0 aromatic rings. The number of cyclic esters (lactones) is 1. The maximum atomic E-state index is 11.1. The van der Waals surface area contributed by atoms with Crippen LogP contribution < -0.4 is 0 Å². The maximum Gasteiger partial charge on any atom is 0.319 e. The van der Waals surface area contributed by atoms with Crippen molar-refractivity contribution in [2.75, 3.05) is 12.5 Å². The predicted octanol–water partition coefficient (Wildman–Crippen LogP) is 0.748. The van der Waals surface area contributed by atoms with Gasteiger partial charge in [-0.3, -0.25) is 9.59 Å². The van der Waals surface area contributed by atoms with Gasteiger partial charge in [0.15, 0.2) is 5.78 Å². The Morgan fingerprint density at radius 2 is 2.45 bits per heavy atom. The Kier molecular flexibility index (Phi) is 2.18. The fourth-order valence-electron chi connectivity index (χ4n) is 1.01. The normalized spacial score (nSPS) is 30.2. The molecule has 1 rings (SSSR count). The molecule has 1 aliphatic rings. The summed E-state index contributed by atoms with van der Waals surface area (Å²) in [5, 5.41) is 0. The SMILES string of the molecule is C[C@]1(C(=O)CCl)CCOC1=O. The van der Waals surface area contributed by atoms with Crippen LogP contribution in [0.2, 0.25) is 0 Å². The second kappa shape index (κ2) is 2.81. The molecule has 0 aromatic carbocycles. The molecular weight excluding hydrogens is 168 g/mol. The number of carbonyl (C=O) groups is 2. The van der Waals surface area contributed by atoms with E-state index >= 15 is 0 Å². The van der Waals surface area contributed by atoms with E-state index < -0.39 is 11.4 Å². The lowest BCUT2D eigenvalue weighted by atomic mass is 9.85. The molecular formula is C7H9ClO3. The molecule has 1 fully saturated rings. The lowest BCUT2D eigenvalue weighted by Crippen LogP contribution is -2.33. The van der Waals surface area contributed by atoms with E-state index in [-0.39, 0.29) is 11.7 Å². The van der Waals surface area contributed by atoms with Crippen LogP contribution in [0.5, 0.6) is 0 Å². The van der Waals surface area contributed by atoms with Crippen LogP contribution in [-0.2, 0) is 14.3 Å². The van der Waals surface area contributed by atoms with E-state index in [4.69, 9.17) is 11.6 Å². The summed E-state index contributed by atoms with van der Waals surface area (Å²) in [5.41, 5.74) is -0.970. The van der Waals surface area contributed by atoms with Crippen molar-refractivity contribution in [1.29, 1.82) is 0 Å². The summed E-state index contributed by atoms with van der Waals surface area (Å²) >= 11 is 5.33. The van der Waals surface area contributed by atoms with Gasteiger partial charge in [-0.1, -0.05) is 0 Å². The van der Waals surface area contributed by atoms with Crippen molar-refractivity contribution >= 4 is 23.4 Å². The predicted molar refractivity (Wildman–Crippen MR) is 39.4 cm³/mol. The molecule has 0 bridgehead atoms. The lowest BCUT2D eigenvalue weighted by molar-refractivity contribution is -0.149. The number of halogens is 1. The third-order valence-corrected chi connectivity index (χ3v) is 2.27. The Bertz CT molecular complexity index is 202. The van der Waals surface area contributed by atoms with E-state index in [0.29, 0.717) is 13.0 Å². The number of carbonyl (C=O) groups excluding carboxylic acids is 2. The summed E-state index contributed by atoms with van der Waals surface area (Å²) in [7, 11) is 0. The molecule has 1 saturated heterocycles. The van der Waals surface area contributed by atoms with Crippen LogP contribution in [0.1, 0.15) is 13.3 Å². The molecule has 1 aliphatic heterocycles. The number of rotatable bonds is 2. The minimum Gasteiger partial charge on any atom is -0.465 e. The Hall–Kier alpha value is -0.570. The molecule has 1 atom stereocenters. The van der Waals surface area contributed by atoms with Crippen LogP contribution >= 0.6 is 11.6 Å². The van der Waals surface area contributed by atoms with Gasteiger partial charge in [0.05, 0.1) is 12.5 Å². The van der Waals surface area contributed by atoms with Crippen LogP contribution in [0.25, 0.3) is 0 Å². The number of hydrogen-bond donors (Lipinski definition) is 0. The number of alkyl halides is 1. The summed E-state index contributed by atoms with van der Waals surface area (Å²) in [6.45, 7) is 1.91. The third kappa shape index (κ3) is 1.25. The molecule has 11 heavy (non-hydrogen) atoms. The van der Waals surface area contributed by atoms with E-state index in [1.807, 2.05) is 0 Å². The second-order valence-corrected chi connectivity index (χ2v) is 3.04. The Labute approximate surface area is 69.7 Å². The van der Waals surface area contributed by atoms with Gasteiger partial charge in [0, 0.05) is 6.42 Å². The smallest absolute Gasteiger partial charge is 0.319 e. The topological polar surface area (TPSA) is 43.4 Å². The summed E-state index contributed by atoms with van der Waals surface area (Å²) in [4.78, 5) is 22.1. The van der Waals surface area contributed by atoms with Gasteiger partial charge in [-0.05, 0) is 6.92 Å². The van der Waals surface area contributed by atoms with E-state index in [1.165, 1.54) is 0 Å². The van der Waals surface area contributed by atoms with Crippen molar-refractivity contribution in [3.63, 3.8) is 0 Å². The third-order valence-electron chi connectivity index (χ3n) is 2.02. The van der Waals surface area contributed by atoms with Crippen LogP contribution in [0.4, 0.5) is 0 Å². The second-order valence-electron chi connectivity index (χ2n) is 2.77. The molecule has 0 aromatic heterocycles. The monoisotopic (exact) mass is 176 g/mol. The van der Waals surface area contributed by atoms with Gasteiger partial charge in [0.25, 0.3) is 0 Å². The van der Waals surface area contributed by atoms with Crippen LogP contribution in [0.15, 0.2) is 0 Å². The van der Waals surface area contributed by atoms with Gasteiger partial charge in [0.1, 0.15) is 5.41 Å². The number of esters is 1.